The maximum atomic E-state index is 12.9. The number of fused-ring (bicyclic) bond motifs is 1. The first kappa shape index (κ1) is 24.1. The Labute approximate surface area is 213 Å². The summed E-state index contributed by atoms with van der Waals surface area (Å²) in [6.07, 6.45) is 2.61. The third-order valence-corrected chi connectivity index (χ3v) is 7.15. The monoisotopic (exact) mass is 482 g/mol. The first-order valence-corrected chi connectivity index (χ1v) is 13.0. The molecule has 5 rings (SSSR count). The lowest BCUT2D eigenvalue weighted by Gasteiger charge is -2.32. The van der Waals surface area contributed by atoms with E-state index in [4.69, 9.17) is 0 Å². The van der Waals surface area contributed by atoms with E-state index in [1.165, 1.54) is 5.56 Å². The van der Waals surface area contributed by atoms with Gasteiger partial charge in [0.15, 0.2) is 0 Å². The zero-order chi connectivity index (χ0) is 24.9. The number of hydrogen-bond donors (Lipinski definition) is 2. The first-order valence-electron chi connectivity index (χ1n) is 13.0. The molecule has 186 valence electrons. The van der Waals surface area contributed by atoms with Crippen LogP contribution in [0.15, 0.2) is 78.9 Å². The fourth-order valence-corrected chi connectivity index (χ4v) is 5.22. The molecule has 1 unspecified atom stereocenters. The van der Waals surface area contributed by atoms with Gasteiger partial charge in [-0.1, -0.05) is 55.5 Å². The van der Waals surface area contributed by atoms with Crippen LogP contribution in [0.2, 0.25) is 0 Å². The highest BCUT2D eigenvalue weighted by molar-refractivity contribution is 5.99. The van der Waals surface area contributed by atoms with Crippen LogP contribution >= 0.6 is 0 Å². The van der Waals surface area contributed by atoms with Gasteiger partial charge in [-0.15, -0.1) is 0 Å². The number of anilines is 1. The molecule has 0 bridgehead atoms. The van der Waals surface area contributed by atoms with Crippen LogP contribution in [0.25, 0.3) is 0 Å². The van der Waals surface area contributed by atoms with E-state index in [-0.39, 0.29) is 24.0 Å². The number of rotatable bonds is 8. The summed E-state index contributed by atoms with van der Waals surface area (Å²) < 4.78 is 0. The van der Waals surface area contributed by atoms with Crippen molar-refractivity contribution in [1.29, 1.82) is 0 Å². The van der Waals surface area contributed by atoms with Gasteiger partial charge in [-0.3, -0.25) is 14.5 Å². The molecule has 36 heavy (non-hydrogen) atoms. The lowest BCUT2D eigenvalue weighted by Crippen LogP contribution is -2.44. The summed E-state index contributed by atoms with van der Waals surface area (Å²) in [6.45, 7) is 5.70. The number of carbonyl (C=O) groups excluding carboxylic acids is 2. The highest BCUT2D eigenvalue weighted by atomic mass is 16.2. The van der Waals surface area contributed by atoms with E-state index in [0.717, 1.165) is 55.7 Å². The summed E-state index contributed by atoms with van der Waals surface area (Å²) in [5.41, 5.74) is 4.62. The molecule has 0 radical (unpaired) electrons. The van der Waals surface area contributed by atoms with E-state index in [1.54, 1.807) is 0 Å². The van der Waals surface area contributed by atoms with Crippen molar-refractivity contribution in [2.75, 3.05) is 25.0 Å². The molecule has 3 aromatic rings. The van der Waals surface area contributed by atoms with E-state index >= 15 is 0 Å². The zero-order valence-electron chi connectivity index (χ0n) is 20.8. The van der Waals surface area contributed by atoms with E-state index in [1.807, 2.05) is 59.5 Å². The molecule has 2 amide bonds. The van der Waals surface area contributed by atoms with E-state index < -0.39 is 0 Å². The summed E-state index contributed by atoms with van der Waals surface area (Å²) in [6, 6.07) is 26.1. The Hall–Kier alpha value is -3.64. The van der Waals surface area contributed by atoms with Crippen molar-refractivity contribution in [3.63, 3.8) is 0 Å². The van der Waals surface area contributed by atoms with Crippen molar-refractivity contribution >= 4 is 17.5 Å². The molecule has 0 aromatic heterocycles. The number of hydrogen-bond acceptors (Lipinski definition) is 4. The van der Waals surface area contributed by atoms with E-state index in [0.29, 0.717) is 12.1 Å². The Morgan fingerprint density at radius 3 is 2.33 bits per heavy atom. The fraction of sp³-hybridized carbons (Fsp3) is 0.333. The highest BCUT2D eigenvalue weighted by Gasteiger charge is 2.35. The van der Waals surface area contributed by atoms with Gasteiger partial charge in [0.25, 0.3) is 11.8 Å². The third kappa shape index (κ3) is 5.29. The maximum absolute atomic E-state index is 12.9. The largest absolute Gasteiger partial charge is 0.361 e. The van der Waals surface area contributed by atoms with E-state index in [2.05, 4.69) is 46.7 Å². The van der Waals surface area contributed by atoms with Crippen LogP contribution in [0.4, 0.5) is 5.69 Å². The van der Waals surface area contributed by atoms with Crippen LogP contribution in [0.3, 0.4) is 0 Å². The standard InChI is InChI=1S/C30H34N4O2/c1-2-18-34-28(26-10-6-7-11-27(26)30(34)36)31-24-14-12-23(13-15-24)29(35)32-25-16-19-33(20-17-25)21-22-8-4-3-5-9-22/h3-15,25,28,31H,2,16-21H2,1H3,(H,32,35). The SMILES string of the molecule is CCCN1C(=O)c2ccccc2C1Nc1ccc(C(=O)NC2CCN(Cc3ccccc3)CC2)cc1. The normalized spacial score (nSPS) is 18.2. The number of amides is 2. The maximum Gasteiger partial charge on any atom is 0.256 e. The summed E-state index contributed by atoms with van der Waals surface area (Å²) >= 11 is 0. The van der Waals surface area contributed by atoms with Crippen LogP contribution in [0.5, 0.6) is 0 Å². The number of piperidine rings is 1. The Balaban J connectivity index is 1.16. The molecule has 3 aromatic carbocycles. The van der Waals surface area contributed by atoms with Crippen LogP contribution in [0.1, 0.15) is 64.2 Å². The second-order valence-corrected chi connectivity index (χ2v) is 9.72. The third-order valence-electron chi connectivity index (χ3n) is 7.15. The summed E-state index contributed by atoms with van der Waals surface area (Å²) in [7, 11) is 0. The van der Waals surface area contributed by atoms with Gasteiger partial charge in [-0.25, -0.2) is 0 Å². The van der Waals surface area contributed by atoms with Crippen LogP contribution in [-0.2, 0) is 6.54 Å². The average molecular weight is 483 g/mol. The predicted octanol–water partition coefficient (Wildman–Crippen LogP) is 5.06. The minimum absolute atomic E-state index is 0.0305. The molecule has 0 aliphatic carbocycles. The smallest absolute Gasteiger partial charge is 0.256 e. The topological polar surface area (TPSA) is 64.7 Å². The molecular formula is C30H34N4O2. The Morgan fingerprint density at radius 1 is 0.917 bits per heavy atom. The van der Waals surface area contributed by atoms with E-state index in [9.17, 15) is 9.59 Å². The molecular weight excluding hydrogens is 448 g/mol. The number of nitrogens with zero attached hydrogens (tertiary/aromatic N) is 2. The number of likely N-dealkylation sites (tertiary alicyclic amines) is 1. The molecule has 1 atom stereocenters. The minimum atomic E-state index is -0.200. The Kier molecular flexibility index (Phi) is 7.33. The van der Waals surface area contributed by atoms with Gasteiger partial charge in [0.2, 0.25) is 0 Å². The van der Waals surface area contributed by atoms with Gasteiger partial charge >= 0.3 is 0 Å². The van der Waals surface area contributed by atoms with Crippen LogP contribution < -0.4 is 10.6 Å². The molecule has 2 aliphatic rings. The minimum Gasteiger partial charge on any atom is -0.361 e. The fourth-order valence-electron chi connectivity index (χ4n) is 5.22. The molecule has 2 N–H and O–H groups in total. The van der Waals surface area contributed by atoms with Crippen molar-refractivity contribution in [2.45, 2.75) is 44.9 Å². The molecule has 2 aliphatic heterocycles. The zero-order valence-corrected chi connectivity index (χ0v) is 20.8. The lowest BCUT2D eigenvalue weighted by molar-refractivity contribution is 0.0743. The van der Waals surface area contributed by atoms with Crippen molar-refractivity contribution in [2.24, 2.45) is 0 Å². The number of benzene rings is 3. The van der Waals surface area contributed by atoms with Gasteiger partial charge in [-0.05, 0) is 55.2 Å². The summed E-state index contributed by atoms with van der Waals surface area (Å²) in [5.74, 6) is 0.0350. The molecule has 0 saturated carbocycles. The van der Waals surface area contributed by atoms with Crippen molar-refractivity contribution in [3.8, 4) is 0 Å². The molecule has 1 fully saturated rings. The van der Waals surface area contributed by atoms with Crippen molar-refractivity contribution < 1.29 is 9.59 Å². The lowest BCUT2D eigenvalue weighted by atomic mass is 10.0. The average Bonchev–Trinajstić information content (AvgIpc) is 3.17. The van der Waals surface area contributed by atoms with Crippen molar-refractivity contribution in [3.05, 3.63) is 101 Å². The molecule has 6 nitrogen and oxygen atoms in total. The molecule has 6 heteroatoms. The quantitative estimate of drug-likeness (QED) is 0.471. The van der Waals surface area contributed by atoms with Crippen LogP contribution in [0, 0.1) is 0 Å². The molecule has 0 spiro atoms. The van der Waals surface area contributed by atoms with Gasteiger partial charge < -0.3 is 15.5 Å². The second-order valence-electron chi connectivity index (χ2n) is 9.72. The highest BCUT2D eigenvalue weighted by Crippen LogP contribution is 2.34. The molecule has 1 saturated heterocycles. The predicted molar refractivity (Wildman–Crippen MR) is 143 cm³/mol. The van der Waals surface area contributed by atoms with Gasteiger partial charge in [-0.2, -0.15) is 0 Å². The first-order chi connectivity index (χ1) is 17.6. The number of carbonyl (C=O) groups is 2. The Morgan fingerprint density at radius 2 is 1.61 bits per heavy atom. The Bertz CT molecular complexity index is 1190. The second kappa shape index (κ2) is 11.0. The number of nitrogens with one attached hydrogen (secondary N) is 2. The van der Waals surface area contributed by atoms with Crippen molar-refractivity contribution in [1.82, 2.24) is 15.1 Å². The van der Waals surface area contributed by atoms with Gasteiger partial charge in [0.05, 0.1) is 0 Å². The summed E-state index contributed by atoms with van der Waals surface area (Å²) in [5, 5.41) is 6.72. The van der Waals surface area contributed by atoms with Gasteiger partial charge in [0, 0.05) is 54.6 Å². The summed E-state index contributed by atoms with van der Waals surface area (Å²) in [4.78, 5) is 30.1. The van der Waals surface area contributed by atoms with Gasteiger partial charge in [0.1, 0.15) is 6.17 Å². The van der Waals surface area contributed by atoms with Crippen LogP contribution in [-0.4, -0.2) is 47.3 Å². The molecule has 2 heterocycles.